The van der Waals surface area contributed by atoms with Gasteiger partial charge in [-0.15, -0.1) is 11.6 Å². The maximum absolute atomic E-state index is 11.4. The highest BCUT2D eigenvalue weighted by molar-refractivity contribution is 6.17. The average molecular weight is 234 g/mol. The Bertz CT molecular complexity index is 516. The molecule has 1 aromatic heterocycles. The molecule has 0 fully saturated rings. The lowest BCUT2D eigenvalue weighted by atomic mass is 10.2. The van der Waals surface area contributed by atoms with Crippen LogP contribution in [-0.4, -0.2) is 10.4 Å². The van der Waals surface area contributed by atoms with Crippen molar-refractivity contribution in [2.75, 3.05) is 0 Å². The molecule has 0 spiro atoms. The van der Waals surface area contributed by atoms with Crippen LogP contribution in [0.1, 0.15) is 23.0 Å². The van der Waals surface area contributed by atoms with E-state index in [2.05, 4.69) is 0 Å². The molecule has 0 N–H and O–H groups in total. The second kappa shape index (κ2) is 4.54. The molecule has 0 aliphatic heterocycles. The molecule has 0 radical (unpaired) electrons. The fourth-order valence-corrected chi connectivity index (χ4v) is 1.96. The first kappa shape index (κ1) is 11.0. The van der Waals surface area contributed by atoms with Crippen LogP contribution in [0.15, 0.2) is 42.6 Å². The third kappa shape index (κ3) is 1.89. The third-order valence-electron chi connectivity index (χ3n) is 2.50. The Labute approximate surface area is 99.5 Å². The SMILES string of the molecule is CC(=O)c1cccn1-c1ccccc1CCl. The highest BCUT2D eigenvalue weighted by Gasteiger charge is 2.09. The Balaban J connectivity index is 2.58. The van der Waals surface area contributed by atoms with Crippen molar-refractivity contribution < 1.29 is 4.79 Å². The van der Waals surface area contributed by atoms with Crippen molar-refractivity contribution in [1.82, 2.24) is 4.57 Å². The fourth-order valence-electron chi connectivity index (χ4n) is 1.74. The van der Waals surface area contributed by atoms with Crippen LogP contribution in [0.2, 0.25) is 0 Å². The second-order valence-electron chi connectivity index (χ2n) is 3.58. The number of rotatable bonds is 3. The van der Waals surface area contributed by atoms with Crippen LogP contribution >= 0.6 is 11.6 Å². The number of halogens is 1. The monoisotopic (exact) mass is 233 g/mol. The number of para-hydroxylation sites is 1. The number of carbonyl (C=O) groups excluding carboxylic acids is 1. The first-order chi connectivity index (χ1) is 7.74. The standard InChI is InChI=1S/C13H12ClNO/c1-10(16)12-7-4-8-15(12)13-6-3-2-5-11(13)9-14/h2-8H,9H2,1H3. The van der Waals surface area contributed by atoms with Crippen molar-refractivity contribution >= 4 is 17.4 Å². The van der Waals surface area contributed by atoms with Gasteiger partial charge in [0, 0.05) is 19.0 Å². The van der Waals surface area contributed by atoms with Gasteiger partial charge in [-0.2, -0.15) is 0 Å². The summed E-state index contributed by atoms with van der Waals surface area (Å²) in [6.07, 6.45) is 1.88. The van der Waals surface area contributed by atoms with Gasteiger partial charge in [-0.25, -0.2) is 0 Å². The molecule has 0 saturated carbocycles. The highest BCUT2D eigenvalue weighted by Crippen LogP contribution is 2.19. The zero-order valence-corrected chi connectivity index (χ0v) is 9.74. The summed E-state index contributed by atoms with van der Waals surface area (Å²) < 4.78 is 1.88. The van der Waals surface area contributed by atoms with Crippen molar-refractivity contribution in [2.45, 2.75) is 12.8 Å². The smallest absolute Gasteiger partial charge is 0.176 e. The molecular formula is C13H12ClNO. The average Bonchev–Trinajstić information content (AvgIpc) is 2.77. The molecule has 2 rings (SSSR count). The number of alkyl halides is 1. The molecule has 0 amide bonds. The van der Waals surface area contributed by atoms with Crippen LogP contribution in [0, 0.1) is 0 Å². The van der Waals surface area contributed by atoms with E-state index in [-0.39, 0.29) is 5.78 Å². The summed E-state index contributed by atoms with van der Waals surface area (Å²) in [5, 5.41) is 0. The van der Waals surface area contributed by atoms with Crippen molar-refractivity contribution in [2.24, 2.45) is 0 Å². The largest absolute Gasteiger partial charge is 0.314 e. The molecule has 0 bridgehead atoms. The maximum atomic E-state index is 11.4. The highest BCUT2D eigenvalue weighted by atomic mass is 35.5. The van der Waals surface area contributed by atoms with Gasteiger partial charge >= 0.3 is 0 Å². The molecular weight excluding hydrogens is 222 g/mol. The van der Waals surface area contributed by atoms with E-state index >= 15 is 0 Å². The normalized spacial score (nSPS) is 10.4. The minimum Gasteiger partial charge on any atom is -0.314 e. The van der Waals surface area contributed by atoms with Gasteiger partial charge in [0.1, 0.15) is 0 Å². The summed E-state index contributed by atoms with van der Waals surface area (Å²) in [4.78, 5) is 11.4. The van der Waals surface area contributed by atoms with Gasteiger partial charge in [0.2, 0.25) is 0 Å². The molecule has 16 heavy (non-hydrogen) atoms. The number of hydrogen-bond acceptors (Lipinski definition) is 1. The first-order valence-electron chi connectivity index (χ1n) is 5.06. The maximum Gasteiger partial charge on any atom is 0.176 e. The van der Waals surface area contributed by atoms with Crippen LogP contribution < -0.4 is 0 Å². The number of Topliss-reactive ketones (excluding diaryl/α,β-unsaturated/α-hetero) is 1. The van der Waals surface area contributed by atoms with E-state index in [1.54, 1.807) is 6.92 Å². The van der Waals surface area contributed by atoms with E-state index in [1.807, 2.05) is 47.2 Å². The van der Waals surface area contributed by atoms with Gasteiger partial charge in [0.05, 0.1) is 11.4 Å². The molecule has 0 unspecified atom stereocenters. The van der Waals surface area contributed by atoms with Crippen molar-refractivity contribution in [3.63, 3.8) is 0 Å². The predicted molar refractivity (Wildman–Crippen MR) is 65.3 cm³/mol. The quantitative estimate of drug-likeness (QED) is 0.588. The Kier molecular flexibility index (Phi) is 3.11. The number of hydrogen-bond donors (Lipinski definition) is 0. The topological polar surface area (TPSA) is 22.0 Å². The van der Waals surface area contributed by atoms with E-state index in [0.29, 0.717) is 11.6 Å². The molecule has 82 valence electrons. The van der Waals surface area contributed by atoms with Gasteiger partial charge in [-0.05, 0) is 23.8 Å². The zero-order valence-electron chi connectivity index (χ0n) is 8.98. The number of carbonyl (C=O) groups is 1. The molecule has 2 nitrogen and oxygen atoms in total. The molecule has 0 saturated heterocycles. The molecule has 2 aromatic rings. The summed E-state index contributed by atoms with van der Waals surface area (Å²) in [5.41, 5.74) is 2.66. The fraction of sp³-hybridized carbons (Fsp3) is 0.154. The molecule has 0 aliphatic carbocycles. The Hall–Kier alpha value is -1.54. The van der Waals surface area contributed by atoms with Crippen LogP contribution in [0.3, 0.4) is 0 Å². The van der Waals surface area contributed by atoms with Crippen LogP contribution in [0.25, 0.3) is 5.69 Å². The van der Waals surface area contributed by atoms with Gasteiger partial charge in [-0.1, -0.05) is 18.2 Å². The van der Waals surface area contributed by atoms with Crippen LogP contribution in [0.5, 0.6) is 0 Å². The lowest BCUT2D eigenvalue weighted by Crippen LogP contribution is -2.05. The van der Waals surface area contributed by atoms with Gasteiger partial charge in [0.15, 0.2) is 5.78 Å². The molecule has 1 heterocycles. The van der Waals surface area contributed by atoms with Gasteiger partial charge < -0.3 is 4.57 Å². The first-order valence-corrected chi connectivity index (χ1v) is 5.60. The minimum atomic E-state index is 0.0503. The molecule has 3 heteroatoms. The number of nitrogens with zero attached hydrogens (tertiary/aromatic N) is 1. The Morgan fingerprint density at radius 2 is 2.00 bits per heavy atom. The predicted octanol–water partition coefficient (Wildman–Crippen LogP) is 3.42. The summed E-state index contributed by atoms with van der Waals surface area (Å²) in [6, 6.07) is 11.5. The summed E-state index contributed by atoms with van der Waals surface area (Å²) in [6.45, 7) is 1.56. The van der Waals surface area contributed by atoms with E-state index in [9.17, 15) is 4.79 Å². The Morgan fingerprint density at radius 1 is 1.25 bits per heavy atom. The van der Waals surface area contributed by atoms with Crippen LogP contribution in [-0.2, 0) is 5.88 Å². The van der Waals surface area contributed by atoms with E-state index in [4.69, 9.17) is 11.6 Å². The lowest BCUT2D eigenvalue weighted by Gasteiger charge is -2.10. The van der Waals surface area contributed by atoms with Gasteiger partial charge in [0.25, 0.3) is 0 Å². The van der Waals surface area contributed by atoms with E-state index in [0.717, 1.165) is 11.3 Å². The molecule has 0 atom stereocenters. The van der Waals surface area contributed by atoms with Crippen molar-refractivity contribution in [3.05, 3.63) is 53.9 Å². The minimum absolute atomic E-state index is 0.0503. The zero-order chi connectivity index (χ0) is 11.5. The molecule has 1 aromatic carbocycles. The van der Waals surface area contributed by atoms with E-state index in [1.165, 1.54) is 0 Å². The second-order valence-corrected chi connectivity index (χ2v) is 3.85. The summed E-state index contributed by atoms with van der Waals surface area (Å²) >= 11 is 5.88. The van der Waals surface area contributed by atoms with Crippen molar-refractivity contribution in [1.29, 1.82) is 0 Å². The van der Waals surface area contributed by atoms with Crippen LogP contribution in [0.4, 0.5) is 0 Å². The third-order valence-corrected chi connectivity index (χ3v) is 2.79. The number of aromatic nitrogens is 1. The number of ketones is 1. The van der Waals surface area contributed by atoms with E-state index < -0.39 is 0 Å². The van der Waals surface area contributed by atoms with Gasteiger partial charge in [-0.3, -0.25) is 4.79 Å². The lowest BCUT2D eigenvalue weighted by molar-refractivity contribution is 0.101. The molecule has 0 aliphatic rings. The Morgan fingerprint density at radius 3 is 2.69 bits per heavy atom. The summed E-state index contributed by atoms with van der Waals surface area (Å²) in [7, 11) is 0. The van der Waals surface area contributed by atoms with Crippen molar-refractivity contribution in [3.8, 4) is 5.69 Å². The number of benzene rings is 1. The summed E-state index contributed by atoms with van der Waals surface area (Å²) in [5.74, 6) is 0.487.